The predicted octanol–water partition coefficient (Wildman–Crippen LogP) is 11.9. The summed E-state index contributed by atoms with van der Waals surface area (Å²) in [6, 6.07) is 53.1. The van der Waals surface area contributed by atoms with Gasteiger partial charge in [-0.1, -0.05) is 115 Å². The van der Waals surface area contributed by atoms with E-state index in [2.05, 4.69) is 132 Å². The van der Waals surface area contributed by atoms with Crippen molar-refractivity contribution in [2.75, 3.05) is 0 Å². The Bertz CT molecular complexity index is 3010. The van der Waals surface area contributed by atoms with Crippen LogP contribution in [-0.4, -0.2) is 5.84 Å². The lowest BCUT2D eigenvalue weighted by Crippen LogP contribution is -2.45. The molecule has 7 aromatic carbocycles. The molecule has 6 heteroatoms. The summed E-state index contributed by atoms with van der Waals surface area (Å²) in [5, 5.41) is 14.5. The first-order valence-electron chi connectivity index (χ1n) is 17.2. The number of nitrogens with zero attached hydrogens (tertiary/aromatic N) is 1. The number of hydrogen-bond acceptors (Lipinski definition) is 6. The van der Waals surface area contributed by atoms with Crippen molar-refractivity contribution in [2.24, 2.45) is 4.99 Å². The van der Waals surface area contributed by atoms with Crippen molar-refractivity contribution in [3.8, 4) is 11.1 Å². The van der Waals surface area contributed by atoms with Gasteiger partial charge in [-0.25, -0.2) is 4.99 Å². The van der Waals surface area contributed by atoms with Gasteiger partial charge in [-0.05, 0) is 47.5 Å². The molecular weight excluding hydrogens is 647 g/mol. The molecule has 3 aromatic heterocycles. The van der Waals surface area contributed by atoms with Gasteiger partial charge in [-0.15, -0.1) is 11.3 Å². The highest BCUT2D eigenvalue weighted by Gasteiger charge is 2.28. The molecule has 2 atom stereocenters. The summed E-state index contributed by atoms with van der Waals surface area (Å²) in [5.41, 5.74) is 9.01. The average Bonchev–Trinajstić information content (AvgIpc) is 3.89. The van der Waals surface area contributed by atoms with Gasteiger partial charge in [0.1, 0.15) is 40.5 Å². The van der Waals surface area contributed by atoms with Crippen LogP contribution in [-0.2, 0) is 0 Å². The van der Waals surface area contributed by atoms with Crippen LogP contribution in [0.15, 0.2) is 165 Å². The topological polar surface area (TPSA) is 62.7 Å². The fourth-order valence-electron chi connectivity index (χ4n) is 7.83. The third-order valence-electron chi connectivity index (χ3n) is 10.2. The van der Waals surface area contributed by atoms with Crippen molar-refractivity contribution in [1.82, 2.24) is 10.6 Å². The van der Waals surface area contributed by atoms with Crippen LogP contribution in [0.25, 0.3) is 75.2 Å². The van der Waals surface area contributed by atoms with Gasteiger partial charge >= 0.3 is 0 Å². The molecule has 0 radical (unpaired) electrons. The molecule has 0 amide bonds. The molecule has 10 aromatic rings. The zero-order chi connectivity index (χ0) is 33.5. The fourth-order valence-corrected chi connectivity index (χ4v) is 8.94. The van der Waals surface area contributed by atoms with Crippen LogP contribution in [0.5, 0.6) is 0 Å². The predicted molar refractivity (Wildman–Crippen MR) is 210 cm³/mol. The summed E-state index contributed by atoms with van der Waals surface area (Å²) < 4.78 is 15.5. The first-order valence-corrected chi connectivity index (χ1v) is 18.0. The summed E-state index contributed by atoms with van der Waals surface area (Å²) in [7, 11) is 0. The first kappa shape index (κ1) is 28.6. The standard InChI is InChI=1S/C45H29N3O2S/c1-2-11-26(12-3-1)43-46-44(48-45(47-43)34-19-9-17-32-29-14-5-7-21-37(29)50-42(32)34)27-23-24-38-35(25-27)40-30(15-10-22-39(40)51-38)33-18-8-16-31-28-13-4-6-20-36(28)49-41(31)33/h1-25,43,45,47H,(H,46,48). The summed E-state index contributed by atoms with van der Waals surface area (Å²) in [4.78, 5) is 5.29. The number of para-hydroxylation sites is 4. The minimum absolute atomic E-state index is 0.247. The number of fused-ring (bicyclic) bond motifs is 9. The van der Waals surface area contributed by atoms with Gasteiger partial charge < -0.3 is 14.2 Å². The molecule has 0 saturated heterocycles. The maximum atomic E-state index is 6.51. The summed E-state index contributed by atoms with van der Waals surface area (Å²) in [6.07, 6.45) is -0.508. The van der Waals surface area contributed by atoms with Crippen LogP contribution < -0.4 is 10.6 Å². The van der Waals surface area contributed by atoms with Crippen molar-refractivity contribution in [2.45, 2.75) is 12.3 Å². The number of rotatable bonds is 4. The van der Waals surface area contributed by atoms with Crippen molar-refractivity contribution < 1.29 is 8.83 Å². The molecule has 5 nitrogen and oxygen atoms in total. The van der Waals surface area contributed by atoms with E-state index in [4.69, 9.17) is 13.8 Å². The van der Waals surface area contributed by atoms with Gasteiger partial charge in [-0.3, -0.25) is 5.32 Å². The Morgan fingerprint density at radius 3 is 2.02 bits per heavy atom. The molecule has 2 N–H and O–H groups in total. The Kier molecular flexibility index (Phi) is 6.26. The number of benzene rings is 7. The minimum atomic E-state index is -0.261. The van der Waals surface area contributed by atoms with E-state index in [1.807, 2.05) is 41.7 Å². The van der Waals surface area contributed by atoms with Crippen LogP contribution in [0.1, 0.15) is 29.0 Å². The number of amidine groups is 1. The van der Waals surface area contributed by atoms with Crippen molar-refractivity contribution in [3.05, 3.63) is 168 Å². The fraction of sp³-hybridized carbons (Fsp3) is 0.0444. The Morgan fingerprint density at radius 2 is 1.20 bits per heavy atom. The molecule has 0 aliphatic carbocycles. The zero-order valence-corrected chi connectivity index (χ0v) is 28.1. The quantitative estimate of drug-likeness (QED) is 0.195. The maximum Gasteiger partial charge on any atom is 0.143 e. The van der Waals surface area contributed by atoms with Crippen molar-refractivity contribution >= 4 is 81.2 Å². The van der Waals surface area contributed by atoms with E-state index in [0.29, 0.717) is 0 Å². The Labute approximate surface area is 296 Å². The second-order valence-corrected chi connectivity index (χ2v) is 14.2. The van der Waals surface area contributed by atoms with Gasteiger partial charge in [0.15, 0.2) is 0 Å². The van der Waals surface area contributed by atoms with Gasteiger partial charge in [-0.2, -0.15) is 0 Å². The molecular formula is C45H29N3O2S. The van der Waals surface area contributed by atoms with Gasteiger partial charge in [0.25, 0.3) is 0 Å². The van der Waals surface area contributed by atoms with Crippen LogP contribution in [0, 0.1) is 0 Å². The average molecular weight is 676 g/mol. The number of nitrogens with one attached hydrogen (secondary N) is 2. The van der Waals surface area contributed by atoms with Crippen LogP contribution in [0.4, 0.5) is 0 Å². The molecule has 1 aliphatic rings. The highest BCUT2D eigenvalue weighted by atomic mass is 32.1. The Morgan fingerprint density at radius 1 is 0.529 bits per heavy atom. The summed E-state index contributed by atoms with van der Waals surface area (Å²) in [6.45, 7) is 0. The number of aliphatic imine (C=N–C) groups is 1. The molecule has 2 unspecified atom stereocenters. The van der Waals surface area contributed by atoms with Gasteiger partial charge in [0, 0.05) is 58.4 Å². The highest BCUT2D eigenvalue weighted by molar-refractivity contribution is 7.26. The largest absolute Gasteiger partial charge is 0.456 e. The number of hydrogen-bond donors (Lipinski definition) is 2. The number of thiophene rings is 1. The molecule has 242 valence electrons. The minimum Gasteiger partial charge on any atom is -0.456 e. The molecule has 0 fully saturated rings. The molecule has 0 saturated carbocycles. The molecule has 1 aliphatic heterocycles. The van der Waals surface area contributed by atoms with Crippen LogP contribution >= 0.6 is 11.3 Å². The van der Waals surface area contributed by atoms with E-state index in [1.165, 1.54) is 20.2 Å². The van der Waals surface area contributed by atoms with Crippen molar-refractivity contribution in [1.29, 1.82) is 0 Å². The van der Waals surface area contributed by atoms with Crippen LogP contribution in [0.3, 0.4) is 0 Å². The van der Waals surface area contributed by atoms with E-state index < -0.39 is 0 Å². The van der Waals surface area contributed by atoms with E-state index >= 15 is 0 Å². The number of furan rings is 2. The molecule has 0 spiro atoms. The van der Waals surface area contributed by atoms with Gasteiger partial charge in [0.05, 0.1) is 0 Å². The van der Waals surface area contributed by atoms with E-state index in [1.54, 1.807) is 0 Å². The SMILES string of the molecule is c1ccc(C2N=C(c3ccc4sc5cccc(-c6cccc7c6oc6ccccc67)c5c4c3)NC(c3cccc4c3oc3ccccc34)N2)cc1. The monoisotopic (exact) mass is 675 g/mol. The third-order valence-corrected chi connectivity index (χ3v) is 11.3. The Hall–Kier alpha value is -6.21. The molecule has 11 rings (SSSR count). The van der Waals surface area contributed by atoms with E-state index in [-0.39, 0.29) is 12.3 Å². The third kappa shape index (κ3) is 4.47. The maximum absolute atomic E-state index is 6.51. The lowest BCUT2D eigenvalue weighted by atomic mass is 9.97. The second-order valence-electron chi connectivity index (χ2n) is 13.1. The molecule has 4 heterocycles. The molecule has 51 heavy (non-hydrogen) atoms. The highest BCUT2D eigenvalue weighted by Crippen LogP contribution is 2.44. The normalized spacial score (nSPS) is 16.4. The lowest BCUT2D eigenvalue weighted by molar-refractivity contribution is 0.408. The summed E-state index contributed by atoms with van der Waals surface area (Å²) >= 11 is 1.82. The van der Waals surface area contributed by atoms with Gasteiger partial charge in [0.2, 0.25) is 0 Å². The zero-order valence-electron chi connectivity index (χ0n) is 27.3. The van der Waals surface area contributed by atoms with E-state index in [0.717, 1.165) is 77.5 Å². The Balaban J connectivity index is 1.08. The lowest BCUT2D eigenvalue weighted by Gasteiger charge is -2.32. The first-order chi connectivity index (χ1) is 25.3. The second kappa shape index (κ2) is 11.2. The smallest absolute Gasteiger partial charge is 0.143 e. The molecule has 0 bridgehead atoms. The van der Waals surface area contributed by atoms with Crippen molar-refractivity contribution in [3.63, 3.8) is 0 Å². The van der Waals surface area contributed by atoms with E-state index in [9.17, 15) is 0 Å². The summed E-state index contributed by atoms with van der Waals surface area (Å²) in [5.74, 6) is 0.832. The van der Waals surface area contributed by atoms with Crippen LogP contribution in [0.2, 0.25) is 0 Å².